The van der Waals surface area contributed by atoms with Crippen LogP contribution in [0.15, 0.2) is 22.7 Å². The van der Waals surface area contributed by atoms with Crippen molar-refractivity contribution in [3.63, 3.8) is 0 Å². The summed E-state index contributed by atoms with van der Waals surface area (Å²) in [5.74, 6) is 0.408. The molecule has 0 spiro atoms. The van der Waals surface area contributed by atoms with Crippen molar-refractivity contribution in [3.05, 3.63) is 51.6 Å². The predicted molar refractivity (Wildman–Crippen MR) is 72.6 cm³/mol. The predicted octanol–water partition coefficient (Wildman–Crippen LogP) is 3.93. The minimum absolute atomic E-state index is 0.0880. The van der Waals surface area contributed by atoms with Crippen LogP contribution in [-0.2, 0) is 6.54 Å². The number of aromatic nitrogens is 1. The number of rotatable bonds is 4. The fraction of sp³-hybridized carbons (Fsp3) is 0.357. The van der Waals surface area contributed by atoms with E-state index in [9.17, 15) is 4.39 Å². The summed E-state index contributed by atoms with van der Waals surface area (Å²) in [5, 5.41) is 7.39. The maximum atomic E-state index is 13.3. The molecular weight excluding hydrogens is 267 g/mol. The lowest BCUT2D eigenvalue weighted by Crippen LogP contribution is -2.19. The van der Waals surface area contributed by atoms with Crippen LogP contribution in [0.3, 0.4) is 0 Å². The molecule has 0 amide bonds. The average Bonchev–Trinajstić information content (AvgIpc) is 2.70. The number of aryl methyl sites for hydroxylation is 2. The van der Waals surface area contributed by atoms with Crippen LogP contribution >= 0.6 is 11.6 Å². The van der Waals surface area contributed by atoms with E-state index in [0.29, 0.717) is 6.54 Å². The molecule has 1 aromatic carbocycles. The van der Waals surface area contributed by atoms with Gasteiger partial charge in [0.2, 0.25) is 0 Å². The maximum Gasteiger partial charge on any atom is 0.142 e. The molecule has 1 aromatic heterocycles. The quantitative estimate of drug-likeness (QED) is 0.923. The second-order valence-electron chi connectivity index (χ2n) is 4.59. The molecular formula is C14H16ClFN2O. The smallest absolute Gasteiger partial charge is 0.142 e. The third-order valence-corrected chi connectivity index (χ3v) is 3.42. The van der Waals surface area contributed by atoms with Crippen LogP contribution in [0.5, 0.6) is 0 Å². The van der Waals surface area contributed by atoms with Crippen molar-refractivity contribution in [1.29, 1.82) is 0 Å². The molecule has 5 heteroatoms. The van der Waals surface area contributed by atoms with E-state index >= 15 is 0 Å². The summed E-state index contributed by atoms with van der Waals surface area (Å²) in [4.78, 5) is 0. The Hall–Kier alpha value is -1.39. The lowest BCUT2D eigenvalue weighted by atomic mass is 10.1. The first-order valence-electron chi connectivity index (χ1n) is 6.09. The van der Waals surface area contributed by atoms with Crippen molar-refractivity contribution < 1.29 is 8.91 Å². The van der Waals surface area contributed by atoms with Crippen LogP contribution in [0.4, 0.5) is 4.39 Å². The highest BCUT2D eigenvalue weighted by Gasteiger charge is 2.15. The SMILES string of the molecule is Cc1noc(C)c1C(C)NCc1ccc(Cl)c(F)c1. The summed E-state index contributed by atoms with van der Waals surface area (Å²) >= 11 is 5.65. The fourth-order valence-electron chi connectivity index (χ4n) is 2.13. The normalized spacial score (nSPS) is 12.7. The number of halogens is 2. The van der Waals surface area contributed by atoms with Crippen LogP contribution in [0.1, 0.15) is 35.5 Å². The molecule has 0 saturated heterocycles. The fourth-order valence-corrected chi connectivity index (χ4v) is 2.25. The molecule has 0 aliphatic carbocycles. The van der Waals surface area contributed by atoms with E-state index < -0.39 is 5.82 Å². The van der Waals surface area contributed by atoms with Gasteiger partial charge in [-0.05, 0) is 38.5 Å². The minimum atomic E-state index is -0.397. The van der Waals surface area contributed by atoms with E-state index in [2.05, 4.69) is 10.5 Å². The molecule has 2 aromatic rings. The van der Waals surface area contributed by atoms with Gasteiger partial charge in [-0.3, -0.25) is 0 Å². The van der Waals surface area contributed by atoms with Crippen LogP contribution in [-0.4, -0.2) is 5.16 Å². The van der Waals surface area contributed by atoms with Crippen molar-refractivity contribution in [2.75, 3.05) is 0 Å². The zero-order chi connectivity index (χ0) is 14.0. The van der Waals surface area contributed by atoms with Gasteiger partial charge in [-0.1, -0.05) is 22.8 Å². The molecule has 19 heavy (non-hydrogen) atoms. The van der Waals surface area contributed by atoms with E-state index in [0.717, 1.165) is 22.6 Å². The molecule has 2 rings (SSSR count). The number of benzene rings is 1. The minimum Gasteiger partial charge on any atom is -0.361 e. The third-order valence-electron chi connectivity index (χ3n) is 3.12. The van der Waals surface area contributed by atoms with Crippen molar-refractivity contribution in [1.82, 2.24) is 10.5 Å². The first-order valence-corrected chi connectivity index (χ1v) is 6.47. The van der Waals surface area contributed by atoms with Crippen LogP contribution in [0.2, 0.25) is 5.02 Å². The number of nitrogens with one attached hydrogen (secondary N) is 1. The lowest BCUT2D eigenvalue weighted by molar-refractivity contribution is 0.390. The van der Waals surface area contributed by atoms with Gasteiger partial charge in [0.25, 0.3) is 0 Å². The Morgan fingerprint density at radius 2 is 2.16 bits per heavy atom. The highest BCUT2D eigenvalue weighted by Crippen LogP contribution is 2.22. The van der Waals surface area contributed by atoms with Crippen molar-refractivity contribution in [3.8, 4) is 0 Å². The van der Waals surface area contributed by atoms with Crippen LogP contribution in [0, 0.1) is 19.7 Å². The number of hydrogen-bond acceptors (Lipinski definition) is 3. The van der Waals surface area contributed by atoms with Gasteiger partial charge in [0.1, 0.15) is 11.6 Å². The number of hydrogen-bond donors (Lipinski definition) is 1. The van der Waals surface area contributed by atoms with Gasteiger partial charge in [-0.2, -0.15) is 0 Å². The van der Waals surface area contributed by atoms with E-state index in [4.69, 9.17) is 16.1 Å². The molecule has 1 N–H and O–H groups in total. The Labute approximate surface area is 116 Å². The highest BCUT2D eigenvalue weighted by molar-refractivity contribution is 6.30. The zero-order valence-corrected chi connectivity index (χ0v) is 11.9. The summed E-state index contributed by atoms with van der Waals surface area (Å²) in [6.45, 7) is 6.37. The van der Waals surface area contributed by atoms with E-state index in [1.807, 2.05) is 20.8 Å². The largest absolute Gasteiger partial charge is 0.361 e. The summed E-state index contributed by atoms with van der Waals surface area (Å²) in [6, 6.07) is 4.90. The molecule has 0 saturated carbocycles. The molecule has 1 atom stereocenters. The Morgan fingerprint density at radius 1 is 1.42 bits per heavy atom. The Bertz CT molecular complexity index is 563. The van der Waals surface area contributed by atoms with Gasteiger partial charge in [0, 0.05) is 18.2 Å². The molecule has 0 aliphatic heterocycles. The first kappa shape index (κ1) is 14.0. The van der Waals surface area contributed by atoms with Gasteiger partial charge in [-0.15, -0.1) is 0 Å². The van der Waals surface area contributed by atoms with Gasteiger partial charge in [-0.25, -0.2) is 4.39 Å². The van der Waals surface area contributed by atoms with Crippen molar-refractivity contribution >= 4 is 11.6 Å². The molecule has 0 aliphatic rings. The number of nitrogens with zero attached hydrogens (tertiary/aromatic N) is 1. The van der Waals surface area contributed by atoms with Gasteiger partial charge >= 0.3 is 0 Å². The molecule has 102 valence electrons. The van der Waals surface area contributed by atoms with Crippen LogP contribution < -0.4 is 5.32 Å². The Balaban J connectivity index is 2.04. The zero-order valence-electron chi connectivity index (χ0n) is 11.1. The van der Waals surface area contributed by atoms with Gasteiger partial charge < -0.3 is 9.84 Å². The summed E-state index contributed by atoms with van der Waals surface area (Å²) in [5.41, 5.74) is 2.77. The van der Waals surface area contributed by atoms with E-state index in [1.165, 1.54) is 6.07 Å². The van der Waals surface area contributed by atoms with Crippen LogP contribution in [0.25, 0.3) is 0 Å². The van der Waals surface area contributed by atoms with E-state index in [-0.39, 0.29) is 11.1 Å². The molecule has 0 fully saturated rings. The molecule has 1 heterocycles. The third kappa shape index (κ3) is 3.14. The molecule has 1 unspecified atom stereocenters. The van der Waals surface area contributed by atoms with Crippen molar-refractivity contribution in [2.45, 2.75) is 33.4 Å². The highest BCUT2D eigenvalue weighted by atomic mass is 35.5. The van der Waals surface area contributed by atoms with Crippen molar-refractivity contribution in [2.24, 2.45) is 0 Å². The maximum absolute atomic E-state index is 13.3. The second kappa shape index (κ2) is 5.72. The summed E-state index contributed by atoms with van der Waals surface area (Å²) in [6.07, 6.45) is 0. The van der Waals surface area contributed by atoms with Gasteiger partial charge in [0.05, 0.1) is 10.7 Å². The summed E-state index contributed by atoms with van der Waals surface area (Å²) < 4.78 is 18.5. The van der Waals surface area contributed by atoms with Gasteiger partial charge in [0.15, 0.2) is 0 Å². The molecule has 0 bridgehead atoms. The first-order chi connectivity index (χ1) is 8.99. The topological polar surface area (TPSA) is 38.1 Å². The standard InChI is InChI=1S/C14H16ClFN2O/c1-8(14-9(2)18-19-10(14)3)17-7-11-4-5-12(15)13(16)6-11/h4-6,8,17H,7H2,1-3H3. The second-order valence-corrected chi connectivity index (χ2v) is 5.00. The average molecular weight is 283 g/mol. The summed E-state index contributed by atoms with van der Waals surface area (Å²) in [7, 11) is 0. The van der Waals surface area contributed by atoms with E-state index in [1.54, 1.807) is 12.1 Å². The monoisotopic (exact) mass is 282 g/mol. The molecule has 3 nitrogen and oxygen atoms in total. The lowest BCUT2D eigenvalue weighted by Gasteiger charge is -2.13. The molecule has 0 radical (unpaired) electrons. The Kier molecular flexibility index (Phi) is 4.22. The Morgan fingerprint density at radius 3 is 2.74 bits per heavy atom.